The molecule has 0 saturated carbocycles. The number of fused-ring (bicyclic) bond motifs is 2. The topological polar surface area (TPSA) is 64.5 Å². The molecule has 0 spiro atoms. The van der Waals surface area contributed by atoms with E-state index in [9.17, 15) is 9.50 Å². The number of hydrogen-bond donors (Lipinski definition) is 2. The van der Waals surface area contributed by atoms with E-state index >= 15 is 0 Å². The van der Waals surface area contributed by atoms with Gasteiger partial charge in [0.05, 0.1) is 5.69 Å². The predicted molar refractivity (Wildman–Crippen MR) is 125 cm³/mol. The van der Waals surface area contributed by atoms with E-state index in [4.69, 9.17) is 0 Å². The maximum atomic E-state index is 14.9. The Balaban J connectivity index is 1.35. The average molecular weight is 436 g/mol. The van der Waals surface area contributed by atoms with Crippen LogP contribution < -0.4 is 10.2 Å². The fourth-order valence-corrected chi connectivity index (χ4v) is 5.16. The molecule has 0 aliphatic carbocycles. The molecular formula is C25H30FN5O. The highest BCUT2D eigenvalue weighted by atomic mass is 19.1. The first-order valence-corrected chi connectivity index (χ1v) is 11.4. The minimum atomic E-state index is -0.387. The fourth-order valence-electron chi connectivity index (χ4n) is 5.16. The normalized spacial score (nSPS) is 24.9. The monoisotopic (exact) mass is 435 g/mol. The van der Waals surface area contributed by atoms with Crippen LogP contribution in [0.2, 0.25) is 0 Å². The molecule has 1 aromatic carbocycles. The van der Waals surface area contributed by atoms with Gasteiger partial charge >= 0.3 is 0 Å². The Morgan fingerprint density at radius 1 is 1.12 bits per heavy atom. The average Bonchev–Trinajstić information content (AvgIpc) is 2.80. The summed E-state index contributed by atoms with van der Waals surface area (Å²) in [5.74, 6) is 0.413. The molecule has 7 heteroatoms. The van der Waals surface area contributed by atoms with Crippen LogP contribution in [-0.2, 0) is 0 Å². The van der Waals surface area contributed by atoms with Crippen molar-refractivity contribution in [3.05, 3.63) is 54.0 Å². The first-order valence-electron chi connectivity index (χ1n) is 11.4. The van der Waals surface area contributed by atoms with Gasteiger partial charge in [-0.25, -0.2) is 4.39 Å². The molecule has 2 aromatic rings. The lowest BCUT2D eigenvalue weighted by Crippen LogP contribution is -2.54. The standard InChI is InChI=1S/C25H30FN5O/c1-30-10-8-16(9-11-30)20-15-24(32)21(14-22(20)26)23-6-7-25(29-28-23)31(2)19-12-17-4-3-5-18(13-19)27-17/h6-10,14-15,17-19,27,32H,3-5,11-13H2,1-2H3/t17-,18+,19?. The minimum Gasteiger partial charge on any atom is -0.507 e. The summed E-state index contributed by atoms with van der Waals surface area (Å²) in [7, 11) is 4.03. The van der Waals surface area contributed by atoms with Gasteiger partial charge in [0.1, 0.15) is 11.6 Å². The van der Waals surface area contributed by atoms with Crippen molar-refractivity contribution in [3.63, 3.8) is 0 Å². The lowest BCUT2D eigenvalue weighted by molar-refractivity contribution is 0.219. The molecule has 1 aromatic heterocycles. The Morgan fingerprint density at radius 3 is 2.56 bits per heavy atom. The quantitative estimate of drug-likeness (QED) is 0.759. The van der Waals surface area contributed by atoms with Gasteiger partial charge in [0.15, 0.2) is 5.82 Å². The summed E-state index contributed by atoms with van der Waals surface area (Å²) < 4.78 is 14.9. The molecule has 0 radical (unpaired) electrons. The molecule has 3 aliphatic rings. The number of likely N-dealkylation sites (N-methyl/N-ethyl adjacent to an activating group) is 1. The first-order chi connectivity index (χ1) is 15.5. The number of allylic oxidation sites excluding steroid dienone is 2. The number of aromatic hydroxyl groups is 1. The maximum absolute atomic E-state index is 14.9. The van der Waals surface area contributed by atoms with Crippen LogP contribution in [0.25, 0.3) is 16.8 Å². The van der Waals surface area contributed by atoms with E-state index in [1.165, 1.54) is 31.4 Å². The Kier molecular flexibility index (Phi) is 5.59. The van der Waals surface area contributed by atoms with Crippen LogP contribution in [0.4, 0.5) is 10.2 Å². The zero-order chi connectivity index (χ0) is 22.2. The van der Waals surface area contributed by atoms with E-state index in [2.05, 4.69) is 27.5 Å². The number of rotatable bonds is 4. The molecule has 1 unspecified atom stereocenters. The first kappa shape index (κ1) is 20.9. The number of anilines is 1. The van der Waals surface area contributed by atoms with Gasteiger partial charge in [0, 0.05) is 49.9 Å². The van der Waals surface area contributed by atoms with Crippen LogP contribution in [-0.4, -0.2) is 59.0 Å². The number of nitrogens with zero attached hydrogens (tertiary/aromatic N) is 4. The molecule has 2 saturated heterocycles. The van der Waals surface area contributed by atoms with Crippen LogP contribution in [0.5, 0.6) is 5.75 Å². The molecule has 3 atom stereocenters. The Hall–Kier alpha value is -2.93. The summed E-state index contributed by atoms with van der Waals surface area (Å²) in [6, 6.07) is 8.16. The van der Waals surface area contributed by atoms with Crippen molar-refractivity contribution >= 4 is 11.4 Å². The predicted octanol–water partition coefficient (Wildman–Crippen LogP) is 3.94. The van der Waals surface area contributed by atoms with Crippen LogP contribution in [0.1, 0.15) is 37.7 Å². The van der Waals surface area contributed by atoms with Crippen molar-refractivity contribution < 1.29 is 9.50 Å². The lowest BCUT2D eigenvalue weighted by atomic mass is 9.83. The van der Waals surface area contributed by atoms with Crippen molar-refractivity contribution in [3.8, 4) is 17.0 Å². The highest BCUT2D eigenvalue weighted by molar-refractivity contribution is 5.79. The molecule has 168 valence electrons. The van der Waals surface area contributed by atoms with Crippen LogP contribution in [0.3, 0.4) is 0 Å². The molecule has 2 N–H and O–H groups in total. The highest BCUT2D eigenvalue weighted by Gasteiger charge is 2.33. The molecule has 2 bridgehead atoms. The maximum Gasteiger partial charge on any atom is 0.151 e. The molecule has 3 aliphatic heterocycles. The Morgan fingerprint density at radius 2 is 1.91 bits per heavy atom. The van der Waals surface area contributed by atoms with E-state index in [0.29, 0.717) is 41.5 Å². The van der Waals surface area contributed by atoms with Crippen molar-refractivity contribution in [2.24, 2.45) is 0 Å². The second-order valence-corrected chi connectivity index (χ2v) is 9.27. The van der Waals surface area contributed by atoms with E-state index in [0.717, 1.165) is 24.2 Å². The third kappa shape index (κ3) is 4.09. The van der Waals surface area contributed by atoms with Crippen LogP contribution in [0.15, 0.2) is 42.6 Å². The van der Waals surface area contributed by atoms with Crippen molar-refractivity contribution in [1.82, 2.24) is 20.4 Å². The van der Waals surface area contributed by atoms with Gasteiger partial charge in [-0.05, 0) is 67.8 Å². The van der Waals surface area contributed by atoms with Crippen LogP contribution in [0, 0.1) is 5.82 Å². The van der Waals surface area contributed by atoms with Gasteiger partial charge < -0.3 is 20.2 Å². The third-order valence-corrected chi connectivity index (χ3v) is 7.03. The zero-order valence-corrected chi connectivity index (χ0v) is 18.6. The van der Waals surface area contributed by atoms with Gasteiger partial charge in [-0.1, -0.05) is 12.5 Å². The van der Waals surface area contributed by atoms with Gasteiger partial charge in [0.2, 0.25) is 0 Å². The second kappa shape index (κ2) is 8.54. The minimum absolute atomic E-state index is 0.00351. The van der Waals surface area contributed by atoms with Gasteiger partial charge in [-0.3, -0.25) is 0 Å². The zero-order valence-electron chi connectivity index (χ0n) is 18.6. The Bertz CT molecular complexity index is 1040. The number of phenols is 1. The number of halogens is 1. The third-order valence-electron chi connectivity index (χ3n) is 7.03. The fraction of sp³-hybridized carbons (Fsp3) is 0.440. The summed E-state index contributed by atoms with van der Waals surface area (Å²) in [6.07, 6.45) is 11.7. The molecule has 2 fully saturated rings. The van der Waals surface area contributed by atoms with Crippen LogP contribution >= 0.6 is 0 Å². The number of phenolic OH excluding ortho intramolecular Hbond substituents is 1. The van der Waals surface area contributed by atoms with Gasteiger partial charge in [-0.15, -0.1) is 10.2 Å². The molecule has 6 nitrogen and oxygen atoms in total. The number of piperidine rings is 2. The highest BCUT2D eigenvalue weighted by Crippen LogP contribution is 2.35. The van der Waals surface area contributed by atoms with Crippen molar-refractivity contribution in [1.29, 1.82) is 0 Å². The largest absolute Gasteiger partial charge is 0.507 e. The van der Waals surface area contributed by atoms with E-state index in [1.807, 2.05) is 42.4 Å². The smallest absolute Gasteiger partial charge is 0.151 e. The summed E-state index contributed by atoms with van der Waals surface area (Å²) in [5, 5.41) is 23.1. The molecule has 5 rings (SSSR count). The number of aromatic nitrogens is 2. The van der Waals surface area contributed by atoms with Gasteiger partial charge in [0.25, 0.3) is 0 Å². The molecule has 4 heterocycles. The number of benzene rings is 1. The van der Waals surface area contributed by atoms with Gasteiger partial charge in [-0.2, -0.15) is 0 Å². The van der Waals surface area contributed by atoms with E-state index < -0.39 is 0 Å². The molecule has 32 heavy (non-hydrogen) atoms. The number of nitrogens with one attached hydrogen (secondary N) is 1. The summed E-state index contributed by atoms with van der Waals surface area (Å²) in [4.78, 5) is 4.21. The molecular weight excluding hydrogens is 405 g/mol. The summed E-state index contributed by atoms with van der Waals surface area (Å²) in [6.45, 7) is 0.701. The summed E-state index contributed by atoms with van der Waals surface area (Å²) >= 11 is 0. The van der Waals surface area contributed by atoms with E-state index in [-0.39, 0.29) is 11.6 Å². The van der Waals surface area contributed by atoms with Crippen molar-refractivity contribution in [2.45, 2.75) is 50.2 Å². The SMILES string of the molecule is CN1C=CC(c2cc(O)c(-c3ccc(N(C)C4C[C@H]5CCC[C@@H](C4)N5)nn3)cc2F)=CC1. The van der Waals surface area contributed by atoms with Crippen molar-refractivity contribution in [2.75, 3.05) is 25.5 Å². The number of hydrogen-bond acceptors (Lipinski definition) is 6. The Labute approximate surface area is 188 Å². The lowest BCUT2D eigenvalue weighted by Gasteiger charge is -2.43. The second-order valence-electron chi connectivity index (χ2n) is 9.27. The molecule has 0 amide bonds. The van der Waals surface area contributed by atoms with E-state index in [1.54, 1.807) is 0 Å². The summed E-state index contributed by atoms with van der Waals surface area (Å²) in [5.41, 5.74) is 1.95.